The van der Waals surface area contributed by atoms with Crippen LogP contribution < -0.4 is 15.4 Å². The highest BCUT2D eigenvalue weighted by atomic mass is 32.1. The molecule has 0 fully saturated rings. The molecule has 1 aromatic heterocycles. The van der Waals surface area contributed by atoms with Gasteiger partial charge in [-0.05, 0) is 43.3 Å². The van der Waals surface area contributed by atoms with Gasteiger partial charge >= 0.3 is 6.61 Å². The van der Waals surface area contributed by atoms with Crippen molar-refractivity contribution in [2.45, 2.75) is 13.5 Å². The highest BCUT2D eigenvalue weighted by Crippen LogP contribution is 2.24. The Balaban J connectivity index is 1.55. The van der Waals surface area contributed by atoms with Crippen LogP contribution in [-0.2, 0) is 4.79 Å². The molecule has 0 spiro atoms. The lowest BCUT2D eigenvalue weighted by atomic mass is 10.1. The Labute approximate surface area is 159 Å². The Bertz CT molecular complexity index is 913. The number of ether oxygens (including phenoxy) is 1. The minimum Gasteiger partial charge on any atom is -0.435 e. The maximum absolute atomic E-state index is 12.1. The molecule has 2 aromatic carbocycles. The zero-order valence-corrected chi connectivity index (χ0v) is 15.2. The van der Waals surface area contributed by atoms with Crippen LogP contribution in [0.5, 0.6) is 5.75 Å². The first-order valence-electron chi connectivity index (χ1n) is 8.11. The van der Waals surface area contributed by atoms with Crippen molar-refractivity contribution >= 4 is 28.6 Å². The molecule has 0 atom stereocenters. The lowest BCUT2D eigenvalue weighted by Crippen LogP contribution is -2.21. The van der Waals surface area contributed by atoms with Gasteiger partial charge in [-0.15, -0.1) is 11.3 Å². The number of aromatic nitrogens is 1. The number of halogens is 2. The predicted molar refractivity (Wildman–Crippen MR) is 102 cm³/mol. The number of nitrogens with one attached hydrogen (secondary N) is 2. The summed E-state index contributed by atoms with van der Waals surface area (Å²) in [5, 5.41) is 8.70. The SMILES string of the molecule is Cc1nc(-c2cccc(NC(=O)CNc3ccc(OC(F)F)cc3)c2)cs1. The van der Waals surface area contributed by atoms with Crippen LogP contribution in [0.4, 0.5) is 20.2 Å². The number of amides is 1. The smallest absolute Gasteiger partial charge is 0.387 e. The number of carbonyl (C=O) groups is 1. The summed E-state index contributed by atoms with van der Waals surface area (Å²) >= 11 is 1.57. The van der Waals surface area contributed by atoms with Gasteiger partial charge in [-0.2, -0.15) is 8.78 Å². The van der Waals surface area contributed by atoms with Crippen LogP contribution in [0.1, 0.15) is 5.01 Å². The molecule has 3 aromatic rings. The minimum atomic E-state index is -2.86. The normalized spacial score (nSPS) is 10.7. The van der Waals surface area contributed by atoms with Gasteiger partial charge < -0.3 is 15.4 Å². The molecule has 2 N–H and O–H groups in total. The van der Waals surface area contributed by atoms with E-state index in [-0.39, 0.29) is 18.2 Å². The van der Waals surface area contributed by atoms with Crippen molar-refractivity contribution in [2.24, 2.45) is 0 Å². The molecule has 0 aliphatic heterocycles. The maximum atomic E-state index is 12.1. The number of thiazole rings is 1. The highest BCUT2D eigenvalue weighted by molar-refractivity contribution is 7.09. The second-order valence-electron chi connectivity index (χ2n) is 5.64. The van der Waals surface area contributed by atoms with E-state index < -0.39 is 6.61 Å². The molecule has 27 heavy (non-hydrogen) atoms. The van der Waals surface area contributed by atoms with Crippen LogP contribution >= 0.6 is 11.3 Å². The van der Waals surface area contributed by atoms with Gasteiger partial charge in [0.15, 0.2) is 0 Å². The molecule has 0 unspecified atom stereocenters. The number of aryl methyl sites for hydroxylation is 1. The summed E-state index contributed by atoms with van der Waals surface area (Å²) in [6, 6.07) is 13.4. The summed E-state index contributed by atoms with van der Waals surface area (Å²) in [6.45, 7) is -0.884. The van der Waals surface area contributed by atoms with Gasteiger partial charge in [0.05, 0.1) is 17.2 Å². The van der Waals surface area contributed by atoms with E-state index >= 15 is 0 Å². The molecule has 5 nitrogen and oxygen atoms in total. The third-order valence-corrected chi connectivity index (χ3v) is 4.37. The number of rotatable bonds is 7. The summed E-state index contributed by atoms with van der Waals surface area (Å²) in [4.78, 5) is 16.6. The van der Waals surface area contributed by atoms with Gasteiger partial charge in [-0.3, -0.25) is 4.79 Å². The van der Waals surface area contributed by atoms with E-state index in [1.165, 1.54) is 12.1 Å². The number of benzene rings is 2. The molecular weight excluding hydrogens is 372 g/mol. The third-order valence-electron chi connectivity index (χ3n) is 3.59. The summed E-state index contributed by atoms with van der Waals surface area (Å²) < 4.78 is 28.5. The summed E-state index contributed by atoms with van der Waals surface area (Å²) in [7, 11) is 0. The lowest BCUT2D eigenvalue weighted by molar-refractivity contribution is -0.114. The summed E-state index contributed by atoms with van der Waals surface area (Å²) in [5.74, 6) is -0.163. The number of hydrogen-bond acceptors (Lipinski definition) is 5. The van der Waals surface area contributed by atoms with E-state index in [1.54, 1.807) is 29.5 Å². The fourth-order valence-corrected chi connectivity index (χ4v) is 3.02. The Morgan fingerprint density at radius 2 is 1.96 bits per heavy atom. The molecule has 140 valence electrons. The van der Waals surface area contributed by atoms with E-state index in [0.29, 0.717) is 11.4 Å². The van der Waals surface area contributed by atoms with Crippen LogP contribution in [-0.4, -0.2) is 24.0 Å². The van der Waals surface area contributed by atoms with E-state index in [9.17, 15) is 13.6 Å². The average Bonchev–Trinajstić information content (AvgIpc) is 3.07. The molecule has 8 heteroatoms. The summed E-state index contributed by atoms with van der Waals surface area (Å²) in [6.07, 6.45) is 0. The Morgan fingerprint density at radius 1 is 1.19 bits per heavy atom. The van der Waals surface area contributed by atoms with E-state index in [1.807, 2.05) is 30.5 Å². The van der Waals surface area contributed by atoms with Gasteiger partial charge in [-0.25, -0.2) is 4.98 Å². The second kappa shape index (κ2) is 8.59. The molecule has 1 amide bonds. The first kappa shape index (κ1) is 18.8. The van der Waals surface area contributed by atoms with Crippen LogP contribution in [0.3, 0.4) is 0 Å². The first-order chi connectivity index (χ1) is 13.0. The Kier molecular flexibility index (Phi) is 5.97. The van der Waals surface area contributed by atoms with Crippen molar-refractivity contribution in [3.63, 3.8) is 0 Å². The third kappa shape index (κ3) is 5.49. The van der Waals surface area contributed by atoms with E-state index in [2.05, 4.69) is 20.4 Å². The van der Waals surface area contributed by atoms with Crippen LogP contribution in [0, 0.1) is 6.92 Å². The number of nitrogens with zero attached hydrogens (tertiary/aromatic N) is 1. The molecular formula is C19H17F2N3O2S. The predicted octanol–water partition coefficient (Wildman–Crippen LogP) is 4.77. The number of alkyl halides is 2. The van der Waals surface area contributed by atoms with Crippen LogP contribution in [0.25, 0.3) is 11.3 Å². The summed E-state index contributed by atoms with van der Waals surface area (Å²) in [5.41, 5.74) is 3.10. The van der Waals surface area contributed by atoms with Crippen molar-refractivity contribution in [1.29, 1.82) is 0 Å². The zero-order chi connectivity index (χ0) is 19.2. The molecule has 0 aliphatic carbocycles. The Hall–Kier alpha value is -3.00. The van der Waals surface area contributed by atoms with Gasteiger partial charge in [0, 0.05) is 22.3 Å². The van der Waals surface area contributed by atoms with Gasteiger partial charge in [0.2, 0.25) is 5.91 Å². The quantitative estimate of drug-likeness (QED) is 0.611. The number of carbonyl (C=O) groups excluding carboxylic acids is 1. The van der Waals surface area contributed by atoms with E-state index in [4.69, 9.17) is 0 Å². The van der Waals surface area contributed by atoms with Crippen molar-refractivity contribution in [3.05, 3.63) is 58.9 Å². The average molecular weight is 389 g/mol. The lowest BCUT2D eigenvalue weighted by Gasteiger charge is -2.10. The number of hydrogen-bond donors (Lipinski definition) is 2. The standard InChI is InChI=1S/C19H17F2N3O2S/c1-12-23-17(11-27-12)13-3-2-4-15(9-13)24-18(25)10-22-14-5-7-16(8-6-14)26-19(20)21/h2-9,11,19,22H,10H2,1H3,(H,24,25). The van der Waals surface area contributed by atoms with E-state index in [0.717, 1.165) is 16.3 Å². The largest absolute Gasteiger partial charge is 0.435 e. The van der Waals surface area contributed by atoms with Crippen molar-refractivity contribution in [1.82, 2.24) is 4.98 Å². The Morgan fingerprint density at radius 3 is 2.63 bits per heavy atom. The number of anilines is 2. The zero-order valence-electron chi connectivity index (χ0n) is 14.4. The monoisotopic (exact) mass is 389 g/mol. The van der Waals surface area contributed by atoms with Crippen LogP contribution in [0.2, 0.25) is 0 Å². The highest BCUT2D eigenvalue weighted by Gasteiger charge is 2.07. The van der Waals surface area contributed by atoms with Gasteiger partial charge in [0.25, 0.3) is 0 Å². The fraction of sp³-hybridized carbons (Fsp3) is 0.158. The molecule has 0 bridgehead atoms. The molecule has 0 saturated heterocycles. The maximum Gasteiger partial charge on any atom is 0.387 e. The van der Waals surface area contributed by atoms with Crippen molar-refractivity contribution in [2.75, 3.05) is 17.2 Å². The van der Waals surface area contributed by atoms with Gasteiger partial charge in [0.1, 0.15) is 5.75 Å². The minimum absolute atomic E-state index is 0.0368. The van der Waals surface area contributed by atoms with Gasteiger partial charge in [-0.1, -0.05) is 12.1 Å². The first-order valence-corrected chi connectivity index (χ1v) is 8.99. The van der Waals surface area contributed by atoms with Crippen LogP contribution in [0.15, 0.2) is 53.9 Å². The topological polar surface area (TPSA) is 63.2 Å². The van der Waals surface area contributed by atoms with Crippen molar-refractivity contribution < 1.29 is 18.3 Å². The molecule has 3 rings (SSSR count). The van der Waals surface area contributed by atoms with Crippen molar-refractivity contribution in [3.8, 4) is 17.0 Å². The molecule has 0 aliphatic rings. The second-order valence-corrected chi connectivity index (χ2v) is 6.70. The molecule has 0 saturated carbocycles. The molecule has 0 radical (unpaired) electrons. The fourth-order valence-electron chi connectivity index (χ4n) is 2.39. The molecule has 1 heterocycles.